The molecule has 1 unspecified atom stereocenters. The van der Waals surface area contributed by atoms with E-state index in [-0.39, 0.29) is 24.9 Å². The van der Waals surface area contributed by atoms with Gasteiger partial charge in [-0.05, 0) is 36.2 Å². The zero-order chi connectivity index (χ0) is 20.6. The lowest BCUT2D eigenvalue weighted by Gasteiger charge is -2.21. The second kappa shape index (κ2) is 7.23. The van der Waals surface area contributed by atoms with E-state index in [2.05, 4.69) is 10.1 Å². The summed E-state index contributed by atoms with van der Waals surface area (Å²) in [7, 11) is 0. The van der Waals surface area contributed by atoms with Crippen molar-refractivity contribution in [3.8, 4) is 5.75 Å². The van der Waals surface area contributed by atoms with E-state index in [1.807, 2.05) is 30.2 Å². The Labute approximate surface area is 164 Å². The van der Waals surface area contributed by atoms with E-state index in [1.54, 1.807) is 24.5 Å². The monoisotopic (exact) mass is 402 g/mol. The first kappa shape index (κ1) is 19.0. The van der Waals surface area contributed by atoms with Gasteiger partial charge in [-0.1, -0.05) is 12.1 Å². The molecule has 2 aromatic heterocycles. The number of hydrogen-bond acceptors (Lipinski definition) is 5. The van der Waals surface area contributed by atoms with Crippen LogP contribution in [0.2, 0.25) is 0 Å². The van der Waals surface area contributed by atoms with E-state index in [0.29, 0.717) is 5.75 Å². The lowest BCUT2D eigenvalue weighted by molar-refractivity contribution is -0.138. The molecule has 1 N–H and O–H groups in total. The zero-order valence-corrected chi connectivity index (χ0v) is 15.4. The second-order valence-corrected chi connectivity index (χ2v) is 6.75. The lowest BCUT2D eigenvalue weighted by Crippen LogP contribution is -2.28. The van der Waals surface area contributed by atoms with Crippen LogP contribution in [0, 0.1) is 0 Å². The first-order valence-electron chi connectivity index (χ1n) is 8.92. The Balaban J connectivity index is 1.64. The highest BCUT2D eigenvalue weighted by molar-refractivity contribution is 5.58. The fraction of sp³-hybridized carbons (Fsp3) is 0.250. The normalized spacial score (nSPS) is 14.6. The number of benzene rings is 1. The highest BCUT2D eigenvalue weighted by Crippen LogP contribution is 2.39. The highest BCUT2D eigenvalue weighted by atomic mass is 19.4. The van der Waals surface area contributed by atoms with Crippen molar-refractivity contribution in [3.63, 3.8) is 0 Å². The molecule has 0 aliphatic carbocycles. The standard InChI is InChI=1S/C20H17F3N4O2/c1-12(13-5-7-24-8-6-13)29-17-4-2-3-14-10-27(11-15(14)17)16-9-25-26-19(28)18(16)20(21,22)23/h2-9,12H,10-11H2,1H3,(H,26,28). The predicted molar refractivity (Wildman–Crippen MR) is 99.5 cm³/mol. The zero-order valence-electron chi connectivity index (χ0n) is 15.4. The molecule has 0 spiro atoms. The predicted octanol–water partition coefficient (Wildman–Crippen LogP) is 3.84. The van der Waals surface area contributed by atoms with Crippen molar-refractivity contribution >= 4 is 5.69 Å². The molecule has 3 aromatic rings. The molecule has 3 heterocycles. The van der Waals surface area contributed by atoms with Crippen LogP contribution in [-0.4, -0.2) is 15.2 Å². The van der Waals surface area contributed by atoms with Crippen LogP contribution in [0.15, 0.2) is 53.7 Å². The van der Waals surface area contributed by atoms with E-state index in [9.17, 15) is 18.0 Å². The summed E-state index contributed by atoms with van der Waals surface area (Å²) < 4.78 is 46.4. The van der Waals surface area contributed by atoms with Gasteiger partial charge in [0.2, 0.25) is 0 Å². The van der Waals surface area contributed by atoms with Crippen LogP contribution >= 0.6 is 0 Å². The largest absolute Gasteiger partial charge is 0.486 e. The molecule has 0 amide bonds. The number of halogens is 3. The maximum Gasteiger partial charge on any atom is 0.423 e. The molecule has 4 rings (SSSR count). The van der Waals surface area contributed by atoms with Gasteiger partial charge in [0.25, 0.3) is 5.56 Å². The Hall–Kier alpha value is -3.36. The summed E-state index contributed by atoms with van der Waals surface area (Å²) in [4.78, 5) is 17.3. The number of nitrogens with zero attached hydrogens (tertiary/aromatic N) is 3. The molecule has 1 aliphatic heterocycles. The summed E-state index contributed by atoms with van der Waals surface area (Å²) >= 11 is 0. The molecular weight excluding hydrogens is 385 g/mol. The number of nitrogens with one attached hydrogen (secondary N) is 1. The van der Waals surface area contributed by atoms with Gasteiger partial charge in [0.15, 0.2) is 0 Å². The molecule has 1 aliphatic rings. The Morgan fingerprint density at radius 2 is 1.93 bits per heavy atom. The quantitative estimate of drug-likeness (QED) is 0.718. The van der Waals surface area contributed by atoms with E-state index in [4.69, 9.17) is 4.74 Å². The molecule has 1 atom stereocenters. The molecule has 1 aromatic carbocycles. The number of aromatic amines is 1. The molecule has 9 heteroatoms. The maximum atomic E-state index is 13.4. The highest BCUT2D eigenvalue weighted by Gasteiger charge is 2.39. The summed E-state index contributed by atoms with van der Waals surface area (Å²) in [6, 6.07) is 9.13. The Morgan fingerprint density at radius 3 is 2.66 bits per heavy atom. The first-order valence-corrected chi connectivity index (χ1v) is 8.92. The van der Waals surface area contributed by atoms with E-state index in [1.165, 1.54) is 4.90 Å². The van der Waals surface area contributed by atoms with Crippen LogP contribution in [0.1, 0.15) is 35.3 Å². The number of aromatic nitrogens is 3. The topological polar surface area (TPSA) is 71.1 Å². The van der Waals surface area contributed by atoms with Crippen molar-refractivity contribution in [2.45, 2.75) is 32.3 Å². The third-order valence-corrected chi connectivity index (χ3v) is 4.88. The second-order valence-electron chi connectivity index (χ2n) is 6.75. The van der Waals surface area contributed by atoms with E-state index < -0.39 is 17.3 Å². The summed E-state index contributed by atoms with van der Waals surface area (Å²) in [5, 5.41) is 5.43. The molecular formula is C20H17F3N4O2. The molecule has 0 saturated carbocycles. The Bertz CT molecular complexity index is 1080. The Morgan fingerprint density at radius 1 is 1.17 bits per heavy atom. The van der Waals surface area contributed by atoms with Gasteiger partial charge in [-0.3, -0.25) is 9.78 Å². The van der Waals surface area contributed by atoms with Gasteiger partial charge in [-0.25, -0.2) is 5.10 Å². The van der Waals surface area contributed by atoms with Crippen molar-refractivity contribution in [1.82, 2.24) is 15.2 Å². The van der Waals surface area contributed by atoms with Gasteiger partial charge in [-0.2, -0.15) is 18.3 Å². The number of rotatable bonds is 4. The fourth-order valence-corrected chi connectivity index (χ4v) is 3.47. The number of anilines is 1. The van der Waals surface area contributed by atoms with Crippen molar-refractivity contribution in [1.29, 1.82) is 0 Å². The van der Waals surface area contributed by atoms with Gasteiger partial charge in [-0.15, -0.1) is 0 Å². The molecule has 29 heavy (non-hydrogen) atoms. The van der Waals surface area contributed by atoms with Crippen LogP contribution in [0.3, 0.4) is 0 Å². The summed E-state index contributed by atoms with van der Waals surface area (Å²) in [5.41, 5.74) is -0.169. The van der Waals surface area contributed by atoms with Crippen LogP contribution in [0.25, 0.3) is 0 Å². The molecule has 0 radical (unpaired) electrons. The van der Waals surface area contributed by atoms with Crippen molar-refractivity contribution < 1.29 is 17.9 Å². The van der Waals surface area contributed by atoms with E-state index >= 15 is 0 Å². The average molecular weight is 402 g/mol. The third kappa shape index (κ3) is 3.67. The van der Waals surface area contributed by atoms with Gasteiger partial charge < -0.3 is 9.64 Å². The number of fused-ring (bicyclic) bond motifs is 1. The maximum absolute atomic E-state index is 13.4. The summed E-state index contributed by atoms with van der Waals surface area (Å²) in [5.74, 6) is 0.598. The summed E-state index contributed by atoms with van der Waals surface area (Å²) in [6.07, 6.45) is -0.660. The fourth-order valence-electron chi connectivity index (χ4n) is 3.47. The lowest BCUT2D eigenvalue weighted by atomic mass is 10.1. The average Bonchev–Trinajstić information content (AvgIpc) is 3.13. The number of ether oxygens (including phenoxy) is 1. The molecule has 6 nitrogen and oxygen atoms in total. The van der Waals surface area contributed by atoms with Crippen molar-refractivity contribution in [2.24, 2.45) is 0 Å². The van der Waals surface area contributed by atoms with Gasteiger partial charge in [0.1, 0.15) is 17.4 Å². The SMILES string of the molecule is CC(Oc1cccc2c1CN(c1cn[nH]c(=O)c1C(F)(F)F)C2)c1ccncc1. The van der Waals surface area contributed by atoms with Crippen LogP contribution < -0.4 is 15.2 Å². The van der Waals surface area contributed by atoms with Crippen LogP contribution in [0.5, 0.6) is 5.75 Å². The number of alkyl halides is 3. The third-order valence-electron chi connectivity index (χ3n) is 4.88. The van der Waals surface area contributed by atoms with Gasteiger partial charge in [0.05, 0.1) is 11.9 Å². The Kier molecular flexibility index (Phi) is 4.73. The minimum Gasteiger partial charge on any atom is -0.486 e. The number of H-pyrrole nitrogens is 1. The van der Waals surface area contributed by atoms with Gasteiger partial charge in [0, 0.05) is 31.0 Å². The molecule has 150 valence electrons. The van der Waals surface area contributed by atoms with E-state index in [0.717, 1.165) is 22.9 Å². The first-order chi connectivity index (χ1) is 13.8. The van der Waals surface area contributed by atoms with Crippen molar-refractivity contribution in [2.75, 3.05) is 4.90 Å². The molecule has 0 fully saturated rings. The van der Waals surface area contributed by atoms with Crippen molar-refractivity contribution in [3.05, 3.63) is 81.5 Å². The molecule has 0 bridgehead atoms. The smallest absolute Gasteiger partial charge is 0.423 e. The van der Waals surface area contributed by atoms with Crippen LogP contribution in [0.4, 0.5) is 18.9 Å². The minimum absolute atomic E-state index is 0.183. The van der Waals surface area contributed by atoms with Crippen LogP contribution in [-0.2, 0) is 19.3 Å². The number of pyridine rings is 1. The minimum atomic E-state index is -4.78. The number of hydrogen-bond donors (Lipinski definition) is 1. The molecule has 0 saturated heterocycles. The van der Waals surface area contributed by atoms with Gasteiger partial charge >= 0.3 is 6.18 Å². The summed E-state index contributed by atoms with van der Waals surface area (Å²) in [6.45, 7) is 2.30.